The molecule has 1 atom stereocenters. The Morgan fingerprint density at radius 3 is 2.67 bits per heavy atom. The number of aromatic nitrogens is 2. The molecule has 1 unspecified atom stereocenters. The molecular weight excluding hydrogens is 434 g/mol. The molecule has 33 heavy (non-hydrogen) atoms. The number of fused-ring (bicyclic) bond motifs is 1. The van der Waals surface area contributed by atoms with Gasteiger partial charge < -0.3 is 14.8 Å². The molecule has 0 fully saturated rings. The van der Waals surface area contributed by atoms with E-state index in [0.29, 0.717) is 30.8 Å². The summed E-state index contributed by atoms with van der Waals surface area (Å²) < 4.78 is 5.10. The van der Waals surface area contributed by atoms with Gasteiger partial charge in [0.05, 0.1) is 24.6 Å². The monoisotopic (exact) mass is 463 g/mol. The van der Waals surface area contributed by atoms with Gasteiger partial charge in [-0.25, -0.2) is 4.98 Å². The molecule has 0 aliphatic heterocycles. The van der Waals surface area contributed by atoms with E-state index in [-0.39, 0.29) is 12.2 Å². The van der Waals surface area contributed by atoms with Gasteiger partial charge in [0.2, 0.25) is 0 Å². The fraction of sp³-hybridized carbons (Fsp3) is 0.308. The van der Waals surface area contributed by atoms with E-state index in [0.717, 1.165) is 32.6 Å². The fourth-order valence-electron chi connectivity index (χ4n) is 4.07. The fourth-order valence-corrected chi connectivity index (χ4v) is 5.03. The zero-order valence-corrected chi connectivity index (χ0v) is 20.0. The van der Waals surface area contributed by atoms with E-state index < -0.39 is 6.10 Å². The van der Waals surface area contributed by atoms with Crippen LogP contribution in [0.1, 0.15) is 22.5 Å². The van der Waals surface area contributed by atoms with Crippen LogP contribution in [0.3, 0.4) is 0 Å². The molecule has 4 rings (SSSR count). The third-order valence-corrected chi connectivity index (χ3v) is 6.50. The summed E-state index contributed by atoms with van der Waals surface area (Å²) in [6, 6.07) is 16.3. The molecular formula is C26H29N3O3S. The molecule has 7 heteroatoms. The van der Waals surface area contributed by atoms with Crippen molar-refractivity contribution in [3.05, 3.63) is 86.8 Å². The molecule has 6 nitrogen and oxygen atoms in total. The van der Waals surface area contributed by atoms with Crippen LogP contribution in [-0.4, -0.2) is 46.3 Å². The molecule has 2 aromatic heterocycles. The van der Waals surface area contributed by atoms with Gasteiger partial charge in [-0.05, 0) is 30.5 Å². The van der Waals surface area contributed by atoms with Gasteiger partial charge in [-0.3, -0.25) is 9.69 Å². The minimum absolute atomic E-state index is 0.135. The highest BCUT2D eigenvalue weighted by Crippen LogP contribution is 2.33. The molecule has 2 heterocycles. The number of hydrogen-bond donors (Lipinski definition) is 2. The molecule has 2 aromatic carbocycles. The number of aliphatic hydroxyl groups is 1. The Labute approximate surface area is 197 Å². The Kier molecular flexibility index (Phi) is 7.35. The van der Waals surface area contributed by atoms with E-state index in [9.17, 15) is 9.90 Å². The molecule has 0 aliphatic carbocycles. The van der Waals surface area contributed by atoms with Crippen molar-refractivity contribution in [2.45, 2.75) is 33.0 Å². The molecule has 0 saturated carbocycles. The minimum atomic E-state index is -0.633. The highest BCUT2D eigenvalue weighted by Gasteiger charge is 2.18. The standard InChI is InChI=1S/C26H29N3O3S/c1-17-9-10-18(2)21(11-17)22-16-33-26-24(22)25(31)27-23(28-26)14-29(13-20(30)15-32-3)12-19-7-5-4-6-8-19/h4-11,16,20,30H,12-15H2,1-3H3,(H,27,28,31). The first-order chi connectivity index (χ1) is 15.9. The summed E-state index contributed by atoms with van der Waals surface area (Å²) in [6.07, 6.45) is -0.633. The zero-order chi connectivity index (χ0) is 23.4. The topological polar surface area (TPSA) is 78.5 Å². The number of ether oxygens (including phenoxy) is 1. The summed E-state index contributed by atoms with van der Waals surface area (Å²) in [6.45, 7) is 5.80. The number of thiophene rings is 1. The normalized spacial score (nSPS) is 12.5. The number of H-pyrrole nitrogens is 1. The predicted octanol–water partition coefficient (Wildman–Crippen LogP) is 4.28. The van der Waals surface area contributed by atoms with Gasteiger partial charge in [0.25, 0.3) is 5.56 Å². The highest BCUT2D eigenvalue weighted by molar-refractivity contribution is 7.17. The molecule has 0 spiro atoms. The lowest BCUT2D eigenvalue weighted by Crippen LogP contribution is -2.35. The summed E-state index contributed by atoms with van der Waals surface area (Å²) >= 11 is 1.49. The maximum absolute atomic E-state index is 13.1. The Balaban J connectivity index is 1.65. The Hall–Kier alpha value is -2.84. The van der Waals surface area contributed by atoms with Gasteiger partial charge in [-0.2, -0.15) is 0 Å². The van der Waals surface area contributed by atoms with Crippen molar-refractivity contribution < 1.29 is 9.84 Å². The lowest BCUT2D eigenvalue weighted by atomic mass is 9.99. The first-order valence-electron chi connectivity index (χ1n) is 11.0. The van der Waals surface area contributed by atoms with Crippen molar-refractivity contribution in [1.82, 2.24) is 14.9 Å². The Morgan fingerprint density at radius 2 is 1.91 bits per heavy atom. The summed E-state index contributed by atoms with van der Waals surface area (Å²) in [5.41, 5.74) is 5.26. The number of rotatable bonds is 9. The quantitative estimate of drug-likeness (QED) is 0.387. The van der Waals surface area contributed by atoms with E-state index in [1.165, 1.54) is 11.3 Å². The van der Waals surface area contributed by atoms with Crippen LogP contribution in [0.5, 0.6) is 0 Å². The van der Waals surface area contributed by atoms with Crippen LogP contribution in [0, 0.1) is 13.8 Å². The van der Waals surface area contributed by atoms with Gasteiger partial charge in [0.15, 0.2) is 0 Å². The molecule has 0 bridgehead atoms. The smallest absolute Gasteiger partial charge is 0.260 e. The third kappa shape index (κ3) is 5.57. The number of benzene rings is 2. The number of aromatic amines is 1. The number of aliphatic hydroxyl groups excluding tert-OH is 1. The van der Waals surface area contributed by atoms with E-state index in [1.54, 1.807) is 7.11 Å². The molecule has 0 amide bonds. The largest absolute Gasteiger partial charge is 0.389 e. The van der Waals surface area contributed by atoms with Crippen LogP contribution in [0.2, 0.25) is 0 Å². The van der Waals surface area contributed by atoms with Crippen molar-refractivity contribution >= 4 is 21.6 Å². The molecule has 0 saturated heterocycles. The number of nitrogens with one attached hydrogen (secondary N) is 1. The number of hydrogen-bond acceptors (Lipinski definition) is 6. The summed E-state index contributed by atoms with van der Waals surface area (Å²) in [5, 5.41) is 13.0. The van der Waals surface area contributed by atoms with Crippen molar-refractivity contribution in [2.24, 2.45) is 0 Å². The van der Waals surface area contributed by atoms with Crippen LogP contribution >= 0.6 is 11.3 Å². The van der Waals surface area contributed by atoms with Crippen molar-refractivity contribution in [3.63, 3.8) is 0 Å². The van der Waals surface area contributed by atoms with Crippen LogP contribution in [0.25, 0.3) is 21.3 Å². The molecule has 0 radical (unpaired) electrons. The lowest BCUT2D eigenvalue weighted by molar-refractivity contribution is 0.0332. The predicted molar refractivity (Wildman–Crippen MR) is 134 cm³/mol. The average molecular weight is 464 g/mol. The van der Waals surface area contributed by atoms with Crippen molar-refractivity contribution in [2.75, 3.05) is 20.3 Å². The molecule has 172 valence electrons. The maximum atomic E-state index is 13.1. The van der Waals surface area contributed by atoms with Crippen LogP contribution < -0.4 is 5.56 Å². The molecule has 2 N–H and O–H groups in total. The number of aryl methyl sites for hydroxylation is 2. The van der Waals surface area contributed by atoms with Gasteiger partial charge in [0.1, 0.15) is 10.7 Å². The Bertz CT molecular complexity index is 1280. The second kappa shape index (κ2) is 10.4. The summed E-state index contributed by atoms with van der Waals surface area (Å²) in [4.78, 5) is 23.7. The zero-order valence-electron chi connectivity index (χ0n) is 19.2. The molecule has 4 aromatic rings. The van der Waals surface area contributed by atoms with Crippen molar-refractivity contribution in [3.8, 4) is 11.1 Å². The van der Waals surface area contributed by atoms with Crippen molar-refractivity contribution in [1.29, 1.82) is 0 Å². The maximum Gasteiger partial charge on any atom is 0.260 e. The minimum Gasteiger partial charge on any atom is -0.389 e. The Morgan fingerprint density at radius 1 is 1.12 bits per heavy atom. The van der Waals surface area contributed by atoms with Gasteiger partial charge in [0, 0.05) is 31.1 Å². The van der Waals surface area contributed by atoms with E-state index >= 15 is 0 Å². The second-order valence-corrected chi connectivity index (χ2v) is 9.28. The average Bonchev–Trinajstić information content (AvgIpc) is 3.20. The van der Waals surface area contributed by atoms with Crippen LogP contribution in [-0.2, 0) is 17.8 Å². The van der Waals surface area contributed by atoms with Gasteiger partial charge >= 0.3 is 0 Å². The van der Waals surface area contributed by atoms with E-state index in [1.807, 2.05) is 35.7 Å². The van der Waals surface area contributed by atoms with Crippen LogP contribution in [0.4, 0.5) is 0 Å². The van der Waals surface area contributed by atoms with Crippen LogP contribution in [0.15, 0.2) is 58.7 Å². The highest BCUT2D eigenvalue weighted by atomic mass is 32.1. The van der Waals surface area contributed by atoms with Gasteiger partial charge in [-0.1, -0.05) is 54.1 Å². The van der Waals surface area contributed by atoms with Gasteiger partial charge in [-0.15, -0.1) is 11.3 Å². The first kappa shape index (κ1) is 23.3. The van der Waals surface area contributed by atoms with E-state index in [2.05, 4.69) is 41.9 Å². The summed E-state index contributed by atoms with van der Waals surface area (Å²) in [5.74, 6) is 0.586. The third-order valence-electron chi connectivity index (χ3n) is 5.63. The second-order valence-electron chi connectivity index (χ2n) is 8.42. The molecule has 0 aliphatic rings. The number of nitrogens with zero attached hydrogens (tertiary/aromatic N) is 2. The SMILES string of the molecule is COCC(O)CN(Cc1ccccc1)Cc1nc2scc(-c3cc(C)ccc3C)c2c(=O)[nH]1. The number of methoxy groups -OCH3 is 1. The van der Waals surface area contributed by atoms with E-state index in [4.69, 9.17) is 9.72 Å². The lowest BCUT2D eigenvalue weighted by Gasteiger charge is -2.24. The summed E-state index contributed by atoms with van der Waals surface area (Å²) in [7, 11) is 1.57. The first-order valence-corrected chi connectivity index (χ1v) is 11.8.